The summed E-state index contributed by atoms with van der Waals surface area (Å²) >= 11 is 5.67. The van der Waals surface area contributed by atoms with E-state index in [4.69, 9.17) is 10.5 Å². The molecule has 2 N–H and O–H groups in total. The Morgan fingerprint density at radius 2 is 2.25 bits per heavy atom. The summed E-state index contributed by atoms with van der Waals surface area (Å²) in [7, 11) is 0. The van der Waals surface area contributed by atoms with E-state index in [0.717, 1.165) is 29.7 Å². The van der Waals surface area contributed by atoms with Crippen LogP contribution >= 0.6 is 27.7 Å². The lowest BCUT2D eigenvalue weighted by Gasteiger charge is -2.45. The van der Waals surface area contributed by atoms with E-state index in [0.29, 0.717) is 5.92 Å². The van der Waals surface area contributed by atoms with Crippen LogP contribution in [0.1, 0.15) is 31.7 Å². The lowest BCUT2D eigenvalue weighted by atomic mass is 9.72. The van der Waals surface area contributed by atoms with Gasteiger partial charge in [-0.05, 0) is 49.5 Å². The number of ether oxygens (including phenoxy) is 1. The highest BCUT2D eigenvalue weighted by atomic mass is 79.9. The molecule has 110 valence electrons. The van der Waals surface area contributed by atoms with Gasteiger partial charge in [0.05, 0.1) is 5.60 Å². The third kappa shape index (κ3) is 2.68. The summed E-state index contributed by atoms with van der Waals surface area (Å²) in [5.74, 6) is 2.84. The summed E-state index contributed by atoms with van der Waals surface area (Å²) in [5.41, 5.74) is 7.78. The Kier molecular flexibility index (Phi) is 4.20. The maximum absolute atomic E-state index is 6.77. The van der Waals surface area contributed by atoms with Crippen LogP contribution in [0.2, 0.25) is 0 Å². The zero-order valence-corrected chi connectivity index (χ0v) is 14.3. The van der Waals surface area contributed by atoms with E-state index < -0.39 is 0 Å². The molecule has 0 radical (unpaired) electrons. The van der Waals surface area contributed by atoms with Gasteiger partial charge in [0.2, 0.25) is 0 Å². The molecule has 2 nitrogen and oxygen atoms in total. The molecule has 4 heteroatoms. The molecule has 2 aliphatic rings. The molecular weight excluding hydrogens is 334 g/mol. The zero-order valence-electron chi connectivity index (χ0n) is 11.9. The molecule has 0 bridgehead atoms. The van der Waals surface area contributed by atoms with E-state index in [1.807, 2.05) is 17.8 Å². The second-order valence-electron chi connectivity index (χ2n) is 6.29. The summed E-state index contributed by atoms with van der Waals surface area (Å²) in [6.45, 7) is 3.03. The Morgan fingerprint density at radius 1 is 1.45 bits per heavy atom. The zero-order chi connectivity index (χ0) is 14.2. The molecule has 3 rings (SSSR count). The maximum atomic E-state index is 6.77. The van der Waals surface area contributed by atoms with Crippen LogP contribution in [0.4, 0.5) is 0 Å². The van der Waals surface area contributed by atoms with Crippen LogP contribution in [0.15, 0.2) is 28.7 Å². The number of rotatable bonds is 2. The second-order valence-corrected chi connectivity index (χ2v) is 8.25. The number of thioether (sulfide) groups is 1. The SMILES string of the molecule is CC(N)(c1ccccc1Br)C1CCOC2(CCSC2)C1. The van der Waals surface area contributed by atoms with Crippen molar-refractivity contribution in [2.24, 2.45) is 11.7 Å². The van der Waals surface area contributed by atoms with Crippen molar-refractivity contribution in [2.75, 3.05) is 18.1 Å². The van der Waals surface area contributed by atoms with Crippen LogP contribution in [-0.4, -0.2) is 23.7 Å². The largest absolute Gasteiger partial charge is 0.374 e. The van der Waals surface area contributed by atoms with Crippen molar-refractivity contribution in [1.82, 2.24) is 0 Å². The number of hydrogen-bond acceptors (Lipinski definition) is 3. The maximum Gasteiger partial charge on any atom is 0.0783 e. The molecule has 20 heavy (non-hydrogen) atoms. The van der Waals surface area contributed by atoms with E-state index in [1.54, 1.807) is 0 Å². The van der Waals surface area contributed by atoms with Gasteiger partial charge in [-0.2, -0.15) is 11.8 Å². The lowest BCUT2D eigenvalue weighted by Crippen LogP contribution is -2.50. The lowest BCUT2D eigenvalue weighted by molar-refractivity contribution is -0.0917. The van der Waals surface area contributed by atoms with Gasteiger partial charge in [0, 0.05) is 22.4 Å². The molecule has 0 aliphatic carbocycles. The molecule has 1 spiro atoms. The van der Waals surface area contributed by atoms with Crippen molar-refractivity contribution < 1.29 is 4.74 Å². The molecule has 3 unspecified atom stereocenters. The minimum absolute atomic E-state index is 0.0927. The van der Waals surface area contributed by atoms with Crippen molar-refractivity contribution in [3.63, 3.8) is 0 Å². The third-order valence-corrected chi connectivity index (χ3v) is 6.78. The summed E-state index contributed by atoms with van der Waals surface area (Å²) in [5, 5.41) is 0. The molecule has 1 aromatic carbocycles. The van der Waals surface area contributed by atoms with Crippen molar-refractivity contribution >= 4 is 27.7 Å². The van der Waals surface area contributed by atoms with E-state index >= 15 is 0 Å². The first kappa shape index (κ1) is 14.9. The van der Waals surface area contributed by atoms with E-state index in [2.05, 4.69) is 41.1 Å². The van der Waals surface area contributed by atoms with Crippen LogP contribution in [0.3, 0.4) is 0 Å². The molecule has 0 saturated carbocycles. The van der Waals surface area contributed by atoms with Gasteiger partial charge in [-0.3, -0.25) is 0 Å². The highest BCUT2D eigenvalue weighted by Gasteiger charge is 2.45. The molecule has 2 aliphatic heterocycles. The van der Waals surface area contributed by atoms with Crippen molar-refractivity contribution in [3.05, 3.63) is 34.3 Å². The fourth-order valence-electron chi connectivity index (χ4n) is 3.52. The molecule has 1 aromatic rings. The average molecular weight is 356 g/mol. The summed E-state index contributed by atoms with van der Waals surface area (Å²) in [6, 6.07) is 8.35. The van der Waals surface area contributed by atoms with Gasteiger partial charge in [-0.15, -0.1) is 0 Å². The van der Waals surface area contributed by atoms with E-state index in [1.165, 1.54) is 17.7 Å². The Balaban J connectivity index is 1.85. The first-order valence-electron chi connectivity index (χ1n) is 7.29. The number of nitrogens with two attached hydrogens (primary N) is 1. The Morgan fingerprint density at radius 3 is 2.95 bits per heavy atom. The van der Waals surface area contributed by atoms with E-state index in [9.17, 15) is 0 Å². The fourth-order valence-corrected chi connectivity index (χ4v) is 5.61. The van der Waals surface area contributed by atoms with Gasteiger partial charge in [-0.25, -0.2) is 0 Å². The Labute approximate surface area is 134 Å². The average Bonchev–Trinajstić information content (AvgIpc) is 2.87. The Bertz CT molecular complexity index is 485. The number of halogens is 1. The van der Waals surface area contributed by atoms with Crippen LogP contribution in [0, 0.1) is 5.92 Å². The first-order chi connectivity index (χ1) is 9.54. The monoisotopic (exact) mass is 355 g/mol. The predicted molar refractivity (Wildman–Crippen MR) is 89.0 cm³/mol. The van der Waals surface area contributed by atoms with Crippen LogP contribution in [0.25, 0.3) is 0 Å². The molecule has 3 atom stereocenters. The van der Waals surface area contributed by atoms with Gasteiger partial charge >= 0.3 is 0 Å². The standard InChI is InChI=1S/C16H22BrNOS/c1-15(18,13-4-2-3-5-14(13)17)12-6-8-19-16(10-12)7-9-20-11-16/h2-5,12H,6-11,18H2,1H3. The molecule has 2 saturated heterocycles. The molecule has 0 amide bonds. The van der Waals surface area contributed by atoms with Gasteiger partial charge in [0.1, 0.15) is 0 Å². The predicted octanol–water partition coefficient (Wildman–Crippen LogP) is 3.93. The third-order valence-electron chi connectivity index (χ3n) is 4.86. The van der Waals surface area contributed by atoms with Gasteiger partial charge in [-0.1, -0.05) is 34.1 Å². The highest BCUT2D eigenvalue weighted by Crippen LogP contribution is 2.46. The molecule has 0 aromatic heterocycles. The normalized spacial score (nSPS) is 33.2. The minimum Gasteiger partial charge on any atom is -0.374 e. The van der Waals surface area contributed by atoms with Gasteiger partial charge < -0.3 is 10.5 Å². The van der Waals surface area contributed by atoms with Gasteiger partial charge in [0.15, 0.2) is 0 Å². The topological polar surface area (TPSA) is 35.2 Å². The molecule has 2 fully saturated rings. The minimum atomic E-state index is -0.301. The molecular formula is C16H22BrNOS. The van der Waals surface area contributed by atoms with Crippen LogP contribution in [0.5, 0.6) is 0 Å². The first-order valence-corrected chi connectivity index (χ1v) is 9.24. The van der Waals surface area contributed by atoms with Crippen molar-refractivity contribution in [1.29, 1.82) is 0 Å². The van der Waals surface area contributed by atoms with Crippen LogP contribution < -0.4 is 5.73 Å². The van der Waals surface area contributed by atoms with Crippen LogP contribution in [-0.2, 0) is 10.3 Å². The summed E-state index contributed by atoms with van der Waals surface area (Å²) in [6.07, 6.45) is 3.33. The number of benzene rings is 1. The summed E-state index contributed by atoms with van der Waals surface area (Å²) in [4.78, 5) is 0. The fraction of sp³-hybridized carbons (Fsp3) is 0.625. The molecule has 2 heterocycles. The number of hydrogen-bond donors (Lipinski definition) is 1. The smallest absolute Gasteiger partial charge is 0.0783 e. The van der Waals surface area contributed by atoms with Crippen molar-refractivity contribution in [2.45, 2.75) is 37.3 Å². The summed E-state index contributed by atoms with van der Waals surface area (Å²) < 4.78 is 7.25. The van der Waals surface area contributed by atoms with Crippen molar-refractivity contribution in [3.8, 4) is 0 Å². The highest BCUT2D eigenvalue weighted by molar-refractivity contribution is 9.10. The quantitative estimate of drug-likeness (QED) is 0.872. The van der Waals surface area contributed by atoms with E-state index in [-0.39, 0.29) is 11.1 Å². The second kappa shape index (κ2) is 5.64. The van der Waals surface area contributed by atoms with Gasteiger partial charge in [0.25, 0.3) is 0 Å². The Hall–Kier alpha value is -0.0300.